The zero-order valence-corrected chi connectivity index (χ0v) is 17.3. The van der Waals surface area contributed by atoms with Crippen LogP contribution in [0.5, 0.6) is 5.75 Å². The maximum Gasteiger partial charge on any atom is 0.347 e. The lowest BCUT2D eigenvalue weighted by Crippen LogP contribution is -2.26. The molecule has 3 aromatic carbocycles. The van der Waals surface area contributed by atoms with Crippen molar-refractivity contribution >= 4 is 17.6 Å². The third-order valence-corrected chi connectivity index (χ3v) is 4.84. The Morgan fingerprint density at radius 3 is 2.30 bits per heavy atom. The first-order chi connectivity index (χ1) is 14.4. The molecule has 0 aliphatic rings. The Kier molecular flexibility index (Phi) is 6.86. The van der Waals surface area contributed by atoms with Crippen LogP contribution in [0.3, 0.4) is 0 Å². The van der Waals surface area contributed by atoms with E-state index in [-0.39, 0.29) is 12.5 Å². The molecule has 0 saturated heterocycles. The number of carbonyl (C=O) groups is 2. The smallest absolute Gasteiger partial charge is 0.347 e. The Hall–Kier alpha value is -3.60. The number of ether oxygens (including phenoxy) is 2. The van der Waals surface area contributed by atoms with Gasteiger partial charge in [-0.1, -0.05) is 42.5 Å². The summed E-state index contributed by atoms with van der Waals surface area (Å²) in [6, 6.07) is 21.9. The third kappa shape index (κ3) is 5.47. The molecule has 0 aliphatic heterocycles. The molecular weight excluding hydrogens is 378 g/mol. The van der Waals surface area contributed by atoms with Crippen molar-refractivity contribution < 1.29 is 19.1 Å². The number of hydrogen-bond donors (Lipinski definition) is 1. The number of aryl methyl sites for hydroxylation is 1. The summed E-state index contributed by atoms with van der Waals surface area (Å²) in [7, 11) is 0. The average Bonchev–Trinajstić information content (AvgIpc) is 2.76. The first-order valence-corrected chi connectivity index (χ1v) is 9.79. The molecule has 0 saturated carbocycles. The molecule has 0 fully saturated rings. The number of esters is 1. The van der Waals surface area contributed by atoms with Crippen LogP contribution in [-0.2, 0) is 16.1 Å². The van der Waals surface area contributed by atoms with Crippen molar-refractivity contribution in [3.63, 3.8) is 0 Å². The van der Waals surface area contributed by atoms with Crippen molar-refractivity contribution in [2.24, 2.45) is 0 Å². The molecule has 0 bridgehead atoms. The lowest BCUT2D eigenvalue weighted by molar-refractivity contribution is -0.152. The molecule has 1 amide bonds. The highest BCUT2D eigenvalue weighted by atomic mass is 16.6. The van der Waals surface area contributed by atoms with E-state index in [9.17, 15) is 9.59 Å². The highest BCUT2D eigenvalue weighted by Gasteiger charge is 2.17. The van der Waals surface area contributed by atoms with Gasteiger partial charge in [0.15, 0.2) is 6.10 Å². The van der Waals surface area contributed by atoms with E-state index in [1.165, 1.54) is 0 Å². The summed E-state index contributed by atoms with van der Waals surface area (Å²) in [6.07, 6.45) is -0.761. The fraction of sp³-hybridized carbons (Fsp3) is 0.200. The Morgan fingerprint density at radius 1 is 0.900 bits per heavy atom. The molecule has 3 aromatic rings. The number of rotatable bonds is 7. The number of amides is 1. The van der Waals surface area contributed by atoms with Crippen LogP contribution in [0.4, 0.5) is 5.69 Å². The molecule has 1 atom stereocenters. The first kappa shape index (κ1) is 21.1. The fourth-order valence-corrected chi connectivity index (χ4v) is 2.86. The molecule has 0 aromatic heterocycles. The zero-order valence-electron chi connectivity index (χ0n) is 17.3. The van der Waals surface area contributed by atoms with Crippen LogP contribution in [-0.4, -0.2) is 18.0 Å². The van der Waals surface area contributed by atoms with Gasteiger partial charge in [-0.05, 0) is 67.8 Å². The van der Waals surface area contributed by atoms with Gasteiger partial charge in [0.05, 0.1) is 0 Å². The largest absolute Gasteiger partial charge is 0.479 e. The average molecular weight is 403 g/mol. The minimum absolute atomic E-state index is 0.199. The maximum atomic E-state index is 12.5. The normalized spacial score (nSPS) is 11.4. The second-order valence-corrected chi connectivity index (χ2v) is 7.08. The van der Waals surface area contributed by atoms with E-state index in [2.05, 4.69) is 5.32 Å². The fourth-order valence-electron chi connectivity index (χ4n) is 2.86. The molecule has 1 unspecified atom stereocenters. The van der Waals surface area contributed by atoms with E-state index >= 15 is 0 Å². The van der Waals surface area contributed by atoms with Crippen molar-refractivity contribution in [3.05, 3.63) is 95.1 Å². The van der Waals surface area contributed by atoms with Crippen molar-refractivity contribution in [2.45, 2.75) is 33.5 Å². The van der Waals surface area contributed by atoms with Gasteiger partial charge in [-0.15, -0.1) is 0 Å². The van der Waals surface area contributed by atoms with Gasteiger partial charge < -0.3 is 14.8 Å². The summed E-state index contributed by atoms with van der Waals surface area (Å²) in [5, 5.41) is 2.92. The van der Waals surface area contributed by atoms with Crippen LogP contribution >= 0.6 is 0 Å². The number of benzene rings is 3. The molecule has 0 aliphatic carbocycles. The topological polar surface area (TPSA) is 64.6 Å². The van der Waals surface area contributed by atoms with E-state index in [0.717, 1.165) is 22.4 Å². The van der Waals surface area contributed by atoms with Crippen molar-refractivity contribution in [1.29, 1.82) is 0 Å². The quantitative estimate of drug-likeness (QED) is 0.560. The predicted octanol–water partition coefficient (Wildman–Crippen LogP) is 5.07. The van der Waals surface area contributed by atoms with Crippen molar-refractivity contribution in [2.75, 3.05) is 5.32 Å². The van der Waals surface area contributed by atoms with E-state index < -0.39 is 12.1 Å². The Morgan fingerprint density at radius 2 is 1.60 bits per heavy atom. The van der Waals surface area contributed by atoms with Crippen LogP contribution < -0.4 is 10.1 Å². The zero-order chi connectivity index (χ0) is 21.5. The summed E-state index contributed by atoms with van der Waals surface area (Å²) >= 11 is 0. The Bertz CT molecular complexity index is 1010. The van der Waals surface area contributed by atoms with Crippen LogP contribution in [0, 0.1) is 13.8 Å². The van der Waals surface area contributed by atoms with Gasteiger partial charge in [0.1, 0.15) is 12.4 Å². The van der Waals surface area contributed by atoms with E-state index in [1.54, 1.807) is 31.2 Å². The van der Waals surface area contributed by atoms with Gasteiger partial charge in [0.25, 0.3) is 5.91 Å². The van der Waals surface area contributed by atoms with E-state index in [1.807, 2.05) is 62.4 Å². The van der Waals surface area contributed by atoms with Gasteiger partial charge in [-0.2, -0.15) is 0 Å². The summed E-state index contributed by atoms with van der Waals surface area (Å²) < 4.78 is 10.9. The molecule has 0 radical (unpaired) electrons. The van der Waals surface area contributed by atoms with E-state index in [4.69, 9.17) is 9.47 Å². The highest BCUT2D eigenvalue weighted by molar-refractivity contribution is 6.04. The van der Waals surface area contributed by atoms with E-state index in [0.29, 0.717) is 11.3 Å². The lowest BCUT2D eigenvalue weighted by atomic mass is 10.1. The molecule has 3 rings (SSSR count). The maximum absolute atomic E-state index is 12.5. The van der Waals surface area contributed by atoms with Gasteiger partial charge in [0.2, 0.25) is 0 Å². The molecule has 0 spiro atoms. The number of nitrogens with one attached hydrogen (secondary N) is 1. The minimum atomic E-state index is -0.761. The second-order valence-electron chi connectivity index (χ2n) is 7.08. The van der Waals surface area contributed by atoms with Gasteiger partial charge >= 0.3 is 5.97 Å². The summed E-state index contributed by atoms with van der Waals surface area (Å²) in [6.45, 7) is 5.81. The standard InChI is InChI=1S/C25H25NO4/c1-17-8-7-11-23(18(17)2)26-24(27)21-12-14-22(15-13-21)30-19(3)25(28)29-16-20-9-5-4-6-10-20/h4-15,19H,16H2,1-3H3,(H,26,27). The summed E-state index contributed by atoms with van der Waals surface area (Å²) in [5.41, 5.74) is 4.35. The summed E-state index contributed by atoms with van der Waals surface area (Å²) in [5.74, 6) is -0.163. The predicted molar refractivity (Wildman–Crippen MR) is 117 cm³/mol. The molecule has 0 heterocycles. The molecular formula is C25H25NO4. The van der Waals surface area contributed by atoms with Crippen LogP contribution in [0.1, 0.15) is 34.0 Å². The molecule has 1 N–H and O–H groups in total. The lowest BCUT2D eigenvalue weighted by Gasteiger charge is -2.14. The van der Waals surface area contributed by atoms with Crippen molar-refractivity contribution in [1.82, 2.24) is 0 Å². The van der Waals surface area contributed by atoms with Gasteiger partial charge in [-0.3, -0.25) is 4.79 Å². The Balaban J connectivity index is 1.55. The SMILES string of the molecule is Cc1cccc(NC(=O)c2ccc(OC(C)C(=O)OCc3ccccc3)cc2)c1C. The first-order valence-electron chi connectivity index (χ1n) is 9.79. The second kappa shape index (κ2) is 9.74. The highest BCUT2D eigenvalue weighted by Crippen LogP contribution is 2.20. The number of carbonyl (C=O) groups excluding carboxylic acids is 2. The van der Waals surface area contributed by atoms with Crippen molar-refractivity contribution in [3.8, 4) is 5.75 Å². The number of anilines is 1. The van der Waals surface area contributed by atoms with Crippen LogP contribution in [0.25, 0.3) is 0 Å². The molecule has 30 heavy (non-hydrogen) atoms. The molecule has 5 heteroatoms. The monoisotopic (exact) mass is 403 g/mol. The summed E-state index contributed by atoms with van der Waals surface area (Å²) in [4.78, 5) is 24.7. The van der Waals surface area contributed by atoms with Crippen LogP contribution in [0.2, 0.25) is 0 Å². The number of hydrogen-bond acceptors (Lipinski definition) is 4. The van der Waals surface area contributed by atoms with Crippen LogP contribution in [0.15, 0.2) is 72.8 Å². The molecule has 154 valence electrons. The molecule has 5 nitrogen and oxygen atoms in total. The van der Waals surface area contributed by atoms with Gasteiger partial charge in [-0.25, -0.2) is 4.79 Å². The minimum Gasteiger partial charge on any atom is -0.479 e. The van der Waals surface area contributed by atoms with Gasteiger partial charge in [0, 0.05) is 11.3 Å². The third-order valence-electron chi connectivity index (χ3n) is 4.84. The Labute approximate surface area is 176 Å².